The molecule has 0 aliphatic carbocycles. The molecule has 8 heteroatoms. The number of hydrogen-bond acceptors (Lipinski definition) is 6. The van der Waals surface area contributed by atoms with Crippen molar-refractivity contribution in [1.29, 1.82) is 0 Å². The molecule has 140 valence electrons. The predicted octanol–water partition coefficient (Wildman–Crippen LogP) is 1.57. The van der Waals surface area contributed by atoms with Crippen LogP contribution in [0.25, 0.3) is 0 Å². The fraction of sp³-hybridized carbons (Fsp3) is 0.556. The lowest BCUT2D eigenvalue weighted by Gasteiger charge is -2.23. The topological polar surface area (TPSA) is 77.1 Å². The summed E-state index contributed by atoms with van der Waals surface area (Å²) in [5, 5.41) is 2.79. The molecule has 1 N–H and O–H groups in total. The third-order valence-corrected chi connectivity index (χ3v) is 6.43. The van der Waals surface area contributed by atoms with Crippen molar-refractivity contribution < 1.29 is 23.8 Å². The Labute approximate surface area is 156 Å². The SMILES string of the molecule is COc1ccc2c(c1OC)C(=O)N1C(C(=O)NCC3CCCO3)CSC21. The number of benzene rings is 1. The standard InChI is InChI=1S/C18H22N2O5S/c1-23-13-6-5-11-14(15(13)24-2)17(22)20-12(9-26-18(11)20)16(21)19-8-10-4-3-7-25-10/h5-6,10,12,18H,3-4,7-9H2,1-2H3,(H,19,21). The Hall–Kier alpha value is -1.93. The Balaban J connectivity index is 1.54. The number of ether oxygens (including phenoxy) is 3. The summed E-state index contributed by atoms with van der Waals surface area (Å²) in [6.45, 7) is 1.25. The lowest BCUT2D eigenvalue weighted by Crippen LogP contribution is -2.47. The van der Waals surface area contributed by atoms with Crippen LogP contribution in [-0.2, 0) is 9.53 Å². The first-order valence-corrected chi connectivity index (χ1v) is 9.79. The van der Waals surface area contributed by atoms with Crippen LogP contribution in [0.3, 0.4) is 0 Å². The van der Waals surface area contributed by atoms with Crippen molar-refractivity contribution >= 4 is 23.6 Å². The van der Waals surface area contributed by atoms with Crippen LogP contribution in [-0.4, -0.2) is 62.0 Å². The number of amides is 2. The minimum Gasteiger partial charge on any atom is -0.493 e. The van der Waals surface area contributed by atoms with Gasteiger partial charge in [0, 0.05) is 24.5 Å². The van der Waals surface area contributed by atoms with E-state index in [1.165, 1.54) is 7.11 Å². The van der Waals surface area contributed by atoms with Crippen molar-refractivity contribution in [1.82, 2.24) is 10.2 Å². The normalized spacial score (nSPS) is 26.6. The molecule has 1 aromatic rings. The number of thioether (sulfide) groups is 1. The summed E-state index contributed by atoms with van der Waals surface area (Å²) in [7, 11) is 3.06. The van der Waals surface area contributed by atoms with Crippen molar-refractivity contribution in [3.05, 3.63) is 23.3 Å². The van der Waals surface area contributed by atoms with Gasteiger partial charge in [-0.1, -0.05) is 6.07 Å². The fourth-order valence-electron chi connectivity index (χ4n) is 3.83. The summed E-state index contributed by atoms with van der Waals surface area (Å²) in [5.74, 6) is 1.24. The molecular formula is C18H22N2O5S. The number of carbonyl (C=O) groups is 2. The molecule has 2 amide bonds. The van der Waals surface area contributed by atoms with Crippen LogP contribution in [0, 0.1) is 0 Å². The van der Waals surface area contributed by atoms with Gasteiger partial charge >= 0.3 is 0 Å². The Bertz CT molecular complexity index is 735. The van der Waals surface area contributed by atoms with E-state index in [1.807, 2.05) is 6.07 Å². The molecule has 0 saturated carbocycles. The Morgan fingerprint density at radius 2 is 2.23 bits per heavy atom. The highest BCUT2D eigenvalue weighted by atomic mass is 32.2. The largest absolute Gasteiger partial charge is 0.493 e. The van der Waals surface area contributed by atoms with Gasteiger partial charge in [0.25, 0.3) is 5.91 Å². The molecule has 3 unspecified atom stereocenters. The van der Waals surface area contributed by atoms with Crippen LogP contribution in [0.4, 0.5) is 0 Å². The highest BCUT2D eigenvalue weighted by Gasteiger charge is 2.50. The molecule has 4 rings (SSSR count). The van der Waals surface area contributed by atoms with Crippen molar-refractivity contribution in [2.75, 3.05) is 33.1 Å². The summed E-state index contributed by atoms with van der Waals surface area (Å²) in [6, 6.07) is 3.21. The zero-order valence-corrected chi connectivity index (χ0v) is 15.6. The van der Waals surface area contributed by atoms with Gasteiger partial charge in [0.1, 0.15) is 11.4 Å². The molecule has 0 aromatic heterocycles. The van der Waals surface area contributed by atoms with Gasteiger partial charge < -0.3 is 24.4 Å². The maximum absolute atomic E-state index is 13.1. The van der Waals surface area contributed by atoms with Gasteiger partial charge in [0.2, 0.25) is 5.91 Å². The van der Waals surface area contributed by atoms with Crippen LogP contribution < -0.4 is 14.8 Å². The number of nitrogens with zero attached hydrogens (tertiary/aromatic N) is 1. The Kier molecular flexibility index (Phi) is 4.71. The maximum atomic E-state index is 13.1. The number of nitrogens with one attached hydrogen (secondary N) is 1. The average molecular weight is 378 g/mol. The van der Waals surface area contributed by atoms with Gasteiger partial charge in [-0.2, -0.15) is 0 Å². The Morgan fingerprint density at radius 3 is 2.92 bits per heavy atom. The molecule has 0 spiro atoms. The second kappa shape index (κ2) is 7.00. The van der Waals surface area contributed by atoms with E-state index in [9.17, 15) is 9.59 Å². The molecule has 7 nitrogen and oxygen atoms in total. The first kappa shape index (κ1) is 17.5. The second-order valence-electron chi connectivity index (χ2n) is 6.56. The van der Waals surface area contributed by atoms with Crippen molar-refractivity contribution in [2.24, 2.45) is 0 Å². The van der Waals surface area contributed by atoms with Crippen LogP contribution in [0.5, 0.6) is 11.5 Å². The van der Waals surface area contributed by atoms with Crippen molar-refractivity contribution in [3.63, 3.8) is 0 Å². The van der Waals surface area contributed by atoms with Crippen LogP contribution in [0.2, 0.25) is 0 Å². The minimum atomic E-state index is -0.484. The molecular weight excluding hydrogens is 356 g/mol. The summed E-state index contributed by atoms with van der Waals surface area (Å²) >= 11 is 1.60. The molecule has 3 heterocycles. The van der Waals surface area contributed by atoms with Crippen molar-refractivity contribution in [2.45, 2.75) is 30.4 Å². The van der Waals surface area contributed by atoms with E-state index in [0.29, 0.717) is 29.4 Å². The average Bonchev–Trinajstić information content (AvgIpc) is 3.37. The number of carbonyl (C=O) groups excluding carboxylic acids is 2. The summed E-state index contributed by atoms with van der Waals surface area (Å²) < 4.78 is 16.3. The van der Waals surface area contributed by atoms with E-state index in [4.69, 9.17) is 14.2 Å². The molecule has 3 aliphatic rings. The third-order valence-electron chi connectivity index (χ3n) is 5.12. The van der Waals surface area contributed by atoms with E-state index in [1.54, 1.807) is 29.8 Å². The smallest absolute Gasteiger partial charge is 0.260 e. The summed E-state index contributed by atoms with van der Waals surface area (Å²) in [5.41, 5.74) is 1.38. The van der Waals surface area contributed by atoms with Gasteiger partial charge in [-0.05, 0) is 18.9 Å². The first-order chi connectivity index (χ1) is 12.7. The van der Waals surface area contributed by atoms with E-state index >= 15 is 0 Å². The van der Waals surface area contributed by atoms with Gasteiger partial charge in [0.05, 0.1) is 25.9 Å². The lowest BCUT2D eigenvalue weighted by atomic mass is 10.1. The molecule has 26 heavy (non-hydrogen) atoms. The van der Waals surface area contributed by atoms with Crippen molar-refractivity contribution in [3.8, 4) is 11.5 Å². The second-order valence-corrected chi connectivity index (χ2v) is 7.67. The zero-order chi connectivity index (χ0) is 18.3. The van der Waals surface area contributed by atoms with E-state index in [-0.39, 0.29) is 23.3 Å². The zero-order valence-electron chi connectivity index (χ0n) is 14.8. The molecule has 0 radical (unpaired) electrons. The van der Waals surface area contributed by atoms with Crippen LogP contribution in [0.1, 0.15) is 34.1 Å². The van der Waals surface area contributed by atoms with E-state index < -0.39 is 6.04 Å². The summed E-state index contributed by atoms with van der Waals surface area (Å²) in [4.78, 5) is 27.4. The van der Waals surface area contributed by atoms with Gasteiger partial charge in [-0.25, -0.2) is 0 Å². The molecule has 2 fully saturated rings. The van der Waals surface area contributed by atoms with Crippen LogP contribution in [0.15, 0.2) is 12.1 Å². The highest BCUT2D eigenvalue weighted by molar-refractivity contribution is 7.99. The number of hydrogen-bond donors (Lipinski definition) is 1. The van der Waals surface area contributed by atoms with Gasteiger partial charge in [-0.15, -0.1) is 11.8 Å². The van der Waals surface area contributed by atoms with E-state index in [0.717, 1.165) is 25.0 Å². The fourth-order valence-corrected chi connectivity index (χ4v) is 5.29. The monoisotopic (exact) mass is 378 g/mol. The molecule has 0 bridgehead atoms. The summed E-state index contributed by atoms with van der Waals surface area (Å²) in [6.07, 6.45) is 2.08. The molecule has 2 saturated heterocycles. The number of methoxy groups -OCH3 is 2. The van der Waals surface area contributed by atoms with Gasteiger partial charge in [0.15, 0.2) is 11.5 Å². The number of fused-ring (bicyclic) bond motifs is 3. The molecule has 3 aliphatic heterocycles. The van der Waals surface area contributed by atoms with Crippen LogP contribution >= 0.6 is 11.8 Å². The first-order valence-electron chi connectivity index (χ1n) is 8.74. The molecule has 3 atom stereocenters. The van der Waals surface area contributed by atoms with E-state index in [2.05, 4.69) is 5.32 Å². The number of rotatable bonds is 5. The third kappa shape index (κ3) is 2.72. The predicted molar refractivity (Wildman–Crippen MR) is 96.7 cm³/mol. The molecule has 1 aromatic carbocycles. The maximum Gasteiger partial charge on any atom is 0.260 e. The highest BCUT2D eigenvalue weighted by Crippen LogP contribution is 2.52. The quantitative estimate of drug-likeness (QED) is 0.838. The minimum absolute atomic E-state index is 0.0830. The Morgan fingerprint density at radius 1 is 1.38 bits per heavy atom. The lowest BCUT2D eigenvalue weighted by molar-refractivity contribution is -0.125. The van der Waals surface area contributed by atoms with Gasteiger partial charge in [-0.3, -0.25) is 9.59 Å².